The number of ketones is 1. The number of carbonyl (C=O) groups excluding carboxylic acids is 2. The smallest absolute Gasteiger partial charge is 0.144 e. The van der Waals surface area contributed by atoms with Crippen molar-refractivity contribution in [3.05, 3.63) is 0 Å². The molecule has 0 aromatic heterocycles. The normalized spacial score (nSPS) is 30.0. The Hall–Kier alpha value is -0.660. The van der Waals surface area contributed by atoms with E-state index >= 15 is 0 Å². The van der Waals surface area contributed by atoms with Gasteiger partial charge in [0.2, 0.25) is 0 Å². The molecular weight excluding hydrogens is 80.0 g/mol. The van der Waals surface area contributed by atoms with Crippen LogP contribution in [0.1, 0.15) is 6.42 Å². The van der Waals surface area contributed by atoms with Gasteiger partial charge in [-0.25, -0.2) is 0 Å². The minimum absolute atomic E-state index is 0.0880. The second-order valence-electron chi connectivity index (χ2n) is 1.41. The first kappa shape index (κ1) is 3.53. The first-order valence-corrected chi connectivity index (χ1v) is 1.82. The number of rotatable bonds is 1. The zero-order chi connectivity index (χ0) is 4.57. The Bertz CT molecular complexity index is 95.7. The Labute approximate surface area is 35.2 Å². The van der Waals surface area contributed by atoms with Gasteiger partial charge in [0.25, 0.3) is 0 Å². The summed E-state index contributed by atoms with van der Waals surface area (Å²) in [5.74, 6) is -0.130. The number of hydrogen-bond acceptors (Lipinski definition) is 2. The zero-order valence-electron chi connectivity index (χ0n) is 3.18. The van der Waals surface area contributed by atoms with Gasteiger partial charge in [0.05, 0.1) is 5.92 Å². The lowest BCUT2D eigenvalue weighted by molar-refractivity contribution is -0.115. The quantitative estimate of drug-likeness (QED) is 0.325. The lowest BCUT2D eigenvalue weighted by Gasteiger charge is -1.54. The van der Waals surface area contributed by atoms with Gasteiger partial charge in [-0.3, -0.25) is 4.79 Å². The predicted octanol–water partition coefficient (Wildman–Crippen LogP) is -0.226. The summed E-state index contributed by atoms with van der Waals surface area (Å²) in [5, 5.41) is 0. The molecule has 1 unspecified atom stereocenters. The van der Waals surface area contributed by atoms with E-state index in [-0.39, 0.29) is 11.7 Å². The van der Waals surface area contributed by atoms with Crippen molar-refractivity contribution in [1.82, 2.24) is 0 Å². The first-order valence-electron chi connectivity index (χ1n) is 1.82. The van der Waals surface area contributed by atoms with E-state index in [1.54, 1.807) is 0 Å². The molecule has 0 saturated heterocycles. The summed E-state index contributed by atoms with van der Waals surface area (Å²) in [6.45, 7) is 0. The summed E-state index contributed by atoms with van der Waals surface area (Å²) in [7, 11) is 0. The van der Waals surface area contributed by atoms with Gasteiger partial charge in [0.1, 0.15) is 12.1 Å². The summed E-state index contributed by atoms with van der Waals surface area (Å²) < 4.78 is 0. The second-order valence-corrected chi connectivity index (χ2v) is 1.41. The van der Waals surface area contributed by atoms with Gasteiger partial charge in [0, 0.05) is 6.42 Å². The molecule has 6 heavy (non-hydrogen) atoms. The fraction of sp³-hybridized carbons (Fsp3) is 0.500. The molecule has 0 spiro atoms. The monoisotopic (exact) mass is 84.0 g/mol. The molecular formula is C4H4O2. The highest BCUT2D eigenvalue weighted by Gasteiger charge is 2.33. The van der Waals surface area contributed by atoms with Crippen molar-refractivity contribution in [3.8, 4) is 0 Å². The van der Waals surface area contributed by atoms with E-state index in [1.165, 1.54) is 0 Å². The maximum absolute atomic E-state index is 9.89. The van der Waals surface area contributed by atoms with Crippen molar-refractivity contribution < 1.29 is 9.59 Å². The van der Waals surface area contributed by atoms with E-state index in [2.05, 4.69) is 0 Å². The molecule has 1 rings (SSSR count). The van der Waals surface area contributed by atoms with Gasteiger partial charge in [-0.05, 0) is 0 Å². The summed E-state index contributed by atoms with van der Waals surface area (Å²) in [6, 6.07) is 0. The third-order valence-corrected chi connectivity index (χ3v) is 0.839. The minimum atomic E-state index is -0.218. The lowest BCUT2D eigenvalue weighted by Crippen LogP contribution is -1.75. The maximum atomic E-state index is 9.89. The molecule has 0 amide bonds. The van der Waals surface area contributed by atoms with E-state index in [9.17, 15) is 9.59 Å². The number of aldehydes is 1. The number of hydrogen-bond donors (Lipinski definition) is 0. The van der Waals surface area contributed by atoms with E-state index in [4.69, 9.17) is 0 Å². The molecule has 0 aromatic carbocycles. The van der Waals surface area contributed by atoms with Gasteiger partial charge in [-0.1, -0.05) is 0 Å². The van der Waals surface area contributed by atoms with E-state index in [0.29, 0.717) is 12.7 Å². The van der Waals surface area contributed by atoms with Crippen molar-refractivity contribution in [1.29, 1.82) is 0 Å². The standard InChI is InChI=1S/C4H4O2/c5-2-3-1-4(3)6/h2-3H,1H2. The van der Waals surface area contributed by atoms with Crippen LogP contribution in [0.25, 0.3) is 0 Å². The van der Waals surface area contributed by atoms with E-state index in [0.717, 1.165) is 0 Å². The first-order chi connectivity index (χ1) is 2.84. The van der Waals surface area contributed by atoms with Gasteiger partial charge in [0.15, 0.2) is 0 Å². The highest BCUT2D eigenvalue weighted by molar-refractivity contribution is 6.07. The molecule has 0 heterocycles. The molecule has 32 valence electrons. The Morgan fingerprint density at radius 2 is 2.33 bits per heavy atom. The Morgan fingerprint density at radius 3 is 2.33 bits per heavy atom. The molecule has 2 nitrogen and oxygen atoms in total. The van der Waals surface area contributed by atoms with Gasteiger partial charge >= 0.3 is 0 Å². The Kier molecular flexibility index (Phi) is 0.528. The molecule has 2 heteroatoms. The van der Waals surface area contributed by atoms with Crippen molar-refractivity contribution in [2.75, 3.05) is 0 Å². The highest BCUT2D eigenvalue weighted by atomic mass is 16.2. The molecule has 1 atom stereocenters. The largest absolute Gasteiger partial charge is 0.303 e. The van der Waals surface area contributed by atoms with Crippen LogP contribution in [0.2, 0.25) is 0 Å². The van der Waals surface area contributed by atoms with Crippen LogP contribution in [0.5, 0.6) is 0 Å². The van der Waals surface area contributed by atoms with Crippen molar-refractivity contribution in [2.24, 2.45) is 5.92 Å². The van der Waals surface area contributed by atoms with Gasteiger partial charge in [-0.15, -0.1) is 0 Å². The van der Waals surface area contributed by atoms with Crippen LogP contribution in [-0.4, -0.2) is 12.1 Å². The molecule has 1 aliphatic carbocycles. The second kappa shape index (κ2) is 0.899. The summed E-state index contributed by atoms with van der Waals surface area (Å²) >= 11 is 0. The van der Waals surface area contributed by atoms with E-state index in [1.807, 2.05) is 0 Å². The van der Waals surface area contributed by atoms with Crippen LogP contribution in [0, 0.1) is 5.92 Å². The molecule has 1 aliphatic rings. The number of carbonyl (C=O) groups is 2. The summed E-state index contributed by atoms with van der Waals surface area (Å²) in [5.41, 5.74) is 0. The fourth-order valence-corrected chi connectivity index (χ4v) is 0.282. The molecule has 0 aromatic rings. The highest BCUT2D eigenvalue weighted by Crippen LogP contribution is 2.19. The van der Waals surface area contributed by atoms with Crippen LogP contribution in [0.4, 0.5) is 0 Å². The van der Waals surface area contributed by atoms with Crippen LogP contribution in [-0.2, 0) is 9.59 Å². The molecule has 0 N–H and O–H groups in total. The van der Waals surface area contributed by atoms with Crippen LogP contribution >= 0.6 is 0 Å². The zero-order valence-corrected chi connectivity index (χ0v) is 3.18. The van der Waals surface area contributed by atoms with Crippen molar-refractivity contribution in [2.45, 2.75) is 6.42 Å². The molecule has 1 fully saturated rings. The summed E-state index contributed by atoms with van der Waals surface area (Å²) in [4.78, 5) is 19.4. The molecule has 1 saturated carbocycles. The van der Waals surface area contributed by atoms with Gasteiger partial charge in [-0.2, -0.15) is 0 Å². The van der Waals surface area contributed by atoms with Crippen molar-refractivity contribution >= 4 is 12.1 Å². The third-order valence-electron chi connectivity index (χ3n) is 0.839. The maximum Gasteiger partial charge on any atom is 0.144 e. The minimum Gasteiger partial charge on any atom is -0.303 e. The lowest BCUT2D eigenvalue weighted by atomic mass is 10.5. The summed E-state index contributed by atoms with van der Waals surface area (Å²) in [6.07, 6.45) is 1.19. The Balaban J connectivity index is 2.44. The molecule has 0 aliphatic heterocycles. The molecule has 0 radical (unpaired) electrons. The fourth-order valence-electron chi connectivity index (χ4n) is 0.282. The van der Waals surface area contributed by atoms with Crippen LogP contribution in [0.15, 0.2) is 0 Å². The van der Waals surface area contributed by atoms with Crippen molar-refractivity contribution in [3.63, 3.8) is 0 Å². The van der Waals surface area contributed by atoms with E-state index < -0.39 is 0 Å². The van der Waals surface area contributed by atoms with Crippen LogP contribution < -0.4 is 0 Å². The topological polar surface area (TPSA) is 34.1 Å². The predicted molar refractivity (Wildman–Crippen MR) is 19.2 cm³/mol. The number of Topliss-reactive ketones (excluding diaryl/α,β-unsaturated/α-hetero) is 1. The SMILES string of the molecule is O=CC1CC1=O. The average Bonchev–Trinajstić information content (AvgIpc) is 2.19. The van der Waals surface area contributed by atoms with Gasteiger partial charge < -0.3 is 4.79 Å². The van der Waals surface area contributed by atoms with Crippen LogP contribution in [0.3, 0.4) is 0 Å². The Morgan fingerprint density at radius 1 is 1.83 bits per heavy atom. The third kappa shape index (κ3) is 0.339. The molecule has 0 bridgehead atoms. The average molecular weight is 84.1 g/mol.